The second kappa shape index (κ2) is 11.6. The molecule has 3 rings (SSSR count). The van der Waals surface area contributed by atoms with Crippen LogP contribution in [0, 0.1) is 0 Å². The number of hydrogen-bond acceptors (Lipinski definition) is 4. The maximum absolute atomic E-state index is 5.77. The molecule has 3 aromatic rings. The molecular formula is C23H29N5O2. The number of aromatic nitrogens is 2. The minimum Gasteiger partial charge on any atom is -0.493 e. The Morgan fingerprint density at radius 3 is 2.70 bits per heavy atom. The normalized spacial score (nSPS) is 11.3. The van der Waals surface area contributed by atoms with Crippen molar-refractivity contribution in [1.29, 1.82) is 0 Å². The zero-order valence-electron chi connectivity index (χ0n) is 17.5. The smallest absolute Gasteiger partial charge is 0.195 e. The molecule has 7 heteroatoms. The van der Waals surface area contributed by atoms with Gasteiger partial charge in [-0.25, -0.2) is 0 Å². The van der Waals surface area contributed by atoms with Crippen molar-refractivity contribution in [3.63, 3.8) is 0 Å². The molecule has 0 radical (unpaired) electrons. The van der Waals surface area contributed by atoms with Crippen LogP contribution in [0.3, 0.4) is 0 Å². The predicted molar refractivity (Wildman–Crippen MR) is 120 cm³/mol. The molecule has 0 unspecified atom stereocenters. The number of anilines is 1. The van der Waals surface area contributed by atoms with Gasteiger partial charge in [-0.3, -0.25) is 9.67 Å². The molecule has 0 aliphatic carbocycles. The van der Waals surface area contributed by atoms with Crippen molar-refractivity contribution in [1.82, 2.24) is 15.1 Å². The zero-order valence-corrected chi connectivity index (χ0v) is 17.5. The molecule has 0 fully saturated rings. The molecule has 30 heavy (non-hydrogen) atoms. The number of rotatable bonds is 10. The molecule has 0 saturated heterocycles. The van der Waals surface area contributed by atoms with E-state index >= 15 is 0 Å². The van der Waals surface area contributed by atoms with Crippen LogP contribution >= 0.6 is 0 Å². The average molecular weight is 408 g/mol. The highest BCUT2D eigenvalue weighted by atomic mass is 16.5. The Hall–Kier alpha value is -3.32. The lowest BCUT2D eigenvalue weighted by atomic mass is 10.1. The first-order valence-corrected chi connectivity index (χ1v) is 10.0. The van der Waals surface area contributed by atoms with Crippen LogP contribution in [-0.4, -0.2) is 43.1 Å². The molecule has 1 heterocycles. The van der Waals surface area contributed by atoms with Gasteiger partial charge in [-0.1, -0.05) is 30.3 Å². The van der Waals surface area contributed by atoms with Crippen LogP contribution in [0.5, 0.6) is 5.75 Å². The van der Waals surface area contributed by atoms with Crippen LogP contribution in [0.15, 0.2) is 72.0 Å². The molecule has 0 atom stereocenters. The van der Waals surface area contributed by atoms with Gasteiger partial charge in [0, 0.05) is 57.9 Å². The molecule has 2 N–H and O–H groups in total. The fourth-order valence-corrected chi connectivity index (χ4v) is 3.00. The third-order valence-corrected chi connectivity index (χ3v) is 4.54. The molecule has 0 saturated carbocycles. The van der Waals surface area contributed by atoms with Gasteiger partial charge in [0.2, 0.25) is 0 Å². The zero-order chi connectivity index (χ0) is 21.0. The van der Waals surface area contributed by atoms with Crippen molar-refractivity contribution in [2.75, 3.05) is 32.7 Å². The van der Waals surface area contributed by atoms with Crippen LogP contribution in [0.2, 0.25) is 0 Å². The Kier molecular flexibility index (Phi) is 8.29. The minimum atomic E-state index is 0.622. The summed E-state index contributed by atoms with van der Waals surface area (Å²) in [5.74, 6) is 1.51. The molecule has 0 aliphatic heterocycles. The third kappa shape index (κ3) is 6.63. The maximum atomic E-state index is 5.77. The van der Waals surface area contributed by atoms with Crippen molar-refractivity contribution in [2.45, 2.75) is 19.5 Å². The third-order valence-electron chi connectivity index (χ3n) is 4.54. The van der Waals surface area contributed by atoms with E-state index in [-0.39, 0.29) is 0 Å². The van der Waals surface area contributed by atoms with Gasteiger partial charge in [0.15, 0.2) is 5.96 Å². The summed E-state index contributed by atoms with van der Waals surface area (Å²) in [6, 6.07) is 18.1. The fraction of sp³-hybridized carbons (Fsp3) is 0.304. The SMILES string of the molecule is CN=C(NCc1ccccc1Cn1cccn1)Nc1cccc(OCCCOC)c1. The summed E-state index contributed by atoms with van der Waals surface area (Å²) in [5.41, 5.74) is 3.33. The lowest BCUT2D eigenvalue weighted by molar-refractivity contribution is 0.172. The number of ether oxygens (including phenoxy) is 2. The van der Waals surface area contributed by atoms with E-state index in [1.54, 1.807) is 20.4 Å². The summed E-state index contributed by atoms with van der Waals surface area (Å²) in [7, 11) is 3.45. The molecule has 0 spiro atoms. The number of guanidine groups is 1. The van der Waals surface area contributed by atoms with Crippen molar-refractivity contribution in [2.24, 2.45) is 4.99 Å². The molecule has 7 nitrogen and oxygen atoms in total. The van der Waals surface area contributed by atoms with Gasteiger partial charge < -0.3 is 20.1 Å². The first kappa shape index (κ1) is 21.4. The highest BCUT2D eigenvalue weighted by Gasteiger charge is 2.06. The summed E-state index contributed by atoms with van der Waals surface area (Å²) < 4.78 is 12.7. The van der Waals surface area contributed by atoms with E-state index in [1.807, 2.05) is 53.3 Å². The Bertz CT molecular complexity index is 925. The lowest BCUT2D eigenvalue weighted by Gasteiger charge is -2.15. The Morgan fingerprint density at radius 2 is 1.93 bits per heavy atom. The fourth-order valence-electron chi connectivity index (χ4n) is 3.00. The summed E-state index contributed by atoms with van der Waals surface area (Å²) in [6.45, 7) is 2.71. The van der Waals surface area contributed by atoms with Crippen molar-refractivity contribution < 1.29 is 9.47 Å². The van der Waals surface area contributed by atoms with E-state index in [0.717, 1.165) is 24.4 Å². The highest BCUT2D eigenvalue weighted by molar-refractivity contribution is 5.93. The number of methoxy groups -OCH3 is 1. The first-order valence-electron chi connectivity index (χ1n) is 10.0. The Labute approximate surface area is 177 Å². The maximum Gasteiger partial charge on any atom is 0.195 e. The standard InChI is InChI=1S/C23H29N5O2/c1-24-23(27-21-10-5-11-22(16-21)30-15-7-14-29-2)25-17-19-8-3-4-9-20(19)18-28-13-6-12-26-28/h3-6,8-13,16H,7,14-15,17-18H2,1-2H3,(H2,24,25,27). The molecular weight excluding hydrogens is 378 g/mol. The van der Waals surface area contributed by atoms with E-state index in [9.17, 15) is 0 Å². The second-order valence-corrected chi connectivity index (χ2v) is 6.75. The van der Waals surface area contributed by atoms with E-state index < -0.39 is 0 Å². The molecule has 0 aliphatic rings. The van der Waals surface area contributed by atoms with Gasteiger partial charge in [-0.05, 0) is 29.3 Å². The summed E-state index contributed by atoms with van der Waals surface area (Å²) in [6.07, 6.45) is 4.62. The van der Waals surface area contributed by atoms with Crippen molar-refractivity contribution >= 4 is 11.6 Å². The van der Waals surface area contributed by atoms with Crippen molar-refractivity contribution in [3.8, 4) is 5.75 Å². The largest absolute Gasteiger partial charge is 0.493 e. The predicted octanol–water partition coefficient (Wildman–Crippen LogP) is 3.53. The summed E-state index contributed by atoms with van der Waals surface area (Å²) >= 11 is 0. The van der Waals surface area contributed by atoms with Gasteiger partial charge in [-0.15, -0.1) is 0 Å². The summed E-state index contributed by atoms with van der Waals surface area (Å²) in [4.78, 5) is 4.34. The summed E-state index contributed by atoms with van der Waals surface area (Å²) in [5, 5.41) is 11.0. The van der Waals surface area contributed by atoms with E-state index in [2.05, 4.69) is 32.9 Å². The lowest BCUT2D eigenvalue weighted by Crippen LogP contribution is -2.30. The molecule has 2 aromatic carbocycles. The first-order chi connectivity index (χ1) is 14.8. The number of hydrogen-bond donors (Lipinski definition) is 2. The second-order valence-electron chi connectivity index (χ2n) is 6.75. The van der Waals surface area contributed by atoms with Gasteiger partial charge in [-0.2, -0.15) is 5.10 Å². The average Bonchev–Trinajstić information content (AvgIpc) is 3.28. The van der Waals surface area contributed by atoms with Crippen LogP contribution in [-0.2, 0) is 17.8 Å². The number of benzene rings is 2. The number of nitrogens with one attached hydrogen (secondary N) is 2. The molecule has 158 valence electrons. The van der Waals surface area contributed by atoms with Gasteiger partial charge in [0.05, 0.1) is 13.2 Å². The number of aliphatic imine (C=N–C) groups is 1. The van der Waals surface area contributed by atoms with Crippen LogP contribution in [0.1, 0.15) is 17.5 Å². The minimum absolute atomic E-state index is 0.622. The Balaban J connectivity index is 1.57. The van der Waals surface area contributed by atoms with E-state index in [4.69, 9.17) is 9.47 Å². The number of nitrogens with zero attached hydrogens (tertiary/aromatic N) is 3. The molecule has 0 amide bonds. The van der Waals surface area contributed by atoms with E-state index in [0.29, 0.717) is 25.7 Å². The van der Waals surface area contributed by atoms with Gasteiger partial charge >= 0.3 is 0 Å². The Morgan fingerprint density at radius 1 is 1.07 bits per heavy atom. The van der Waals surface area contributed by atoms with Gasteiger partial charge in [0.25, 0.3) is 0 Å². The highest BCUT2D eigenvalue weighted by Crippen LogP contribution is 2.17. The topological polar surface area (TPSA) is 72.7 Å². The molecule has 1 aromatic heterocycles. The quantitative estimate of drug-likeness (QED) is 0.306. The van der Waals surface area contributed by atoms with Gasteiger partial charge in [0.1, 0.15) is 5.75 Å². The van der Waals surface area contributed by atoms with Crippen LogP contribution < -0.4 is 15.4 Å². The van der Waals surface area contributed by atoms with Crippen LogP contribution in [0.25, 0.3) is 0 Å². The van der Waals surface area contributed by atoms with E-state index in [1.165, 1.54) is 11.1 Å². The molecule has 0 bridgehead atoms. The van der Waals surface area contributed by atoms with Crippen LogP contribution in [0.4, 0.5) is 5.69 Å². The monoisotopic (exact) mass is 407 g/mol. The van der Waals surface area contributed by atoms with Crippen molar-refractivity contribution in [3.05, 3.63) is 78.1 Å².